The monoisotopic (exact) mass is 257 g/mol. The van der Waals surface area contributed by atoms with Crippen LogP contribution in [0.5, 0.6) is 5.75 Å². The second kappa shape index (κ2) is 6.34. The van der Waals surface area contributed by atoms with Crippen molar-refractivity contribution < 1.29 is 9.84 Å². The number of aromatic nitrogens is 1. The lowest BCUT2D eigenvalue weighted by molar-refractivity contribution is 0.191. The lowest BCUT2D eigenvalue weighted by Crippen LogP contribution is -2.05. The molecule has 100 valence electrons. The first kappa shape index (κ1) is 13.6. The minimum atomic E-state index is -0.519. The van der Waals surface area contributed by atoms with Gasteiger partial charge in [0.05, 0.1) is 12.7 Å². The number of ether oxygens (including phenoxy) is 1. The molecular formula is C16H19NO2. The summed E-state index contributed by atoms with van der Waals surface area (Å²) in [5.41, 5.74) is 3.10. The fourth-order valence-electron chi connectivity index (χ4n) is 1.94. The normalized spacial score (nSPS) is 12.2. The van der Waals surface area contributed by atoms with E-state index < -0.39 is 6.10 Å². The van der Waals surface area contributed by atoms with E-state index in [9.17, 15) is 5.11 Å². The van der Waals surface area contributed by atoms with E-state index in [1.54, 1.807) is 13.1 Å². The molecule has 0 spiro atoms. The van der Waals surface area contributed by atoms with Crippen molar-refractivity contribution in [1.29, 1.82) is 0 Å². The fraction of sp³-hybridized carbons (Fsp3) is 0.312. The van der Waals surface area contributed by atoms with E-state index >= 15 is 0 Å². The molecule has 1 aromatic carbocycles. The second-order valence-electron chi connectivity index (χ2n) is 4.68. The summed E-state index contributed by atoms with van der Waals surface area (Å²) in [6.45, 7) is 4.34. The van der Waals surface area contributed by atoms with E-state index in [0.717, 1.165) is 28.9 Å². The van der Waals surface area contributed by atoms with Crippen molar-refractivity contribution in [2.45, 2.75) is 26.4 Å². The Hall–Kier alpha value is -1.87. The van der Waals surface area contributed by atoms with Crippen LogP contribution < -0.4 is 4.74 Å². The molecule has 0 fully saturated rings. The van der Waals surface area contributed by atoms with E-state index in [1.807, 2.05) is 43.5 Å². The third-order valence-electron chi connectivity index (χ3n) is 2.99. The van der Waals surface area contributed by atoms with Crippen molar-refractivity contribution in [3.8, 4) is 5.75 Å². The van der Waals surface area contributed by atoms with Gasteiger partial charge in [0.25, 0.3) is 0 Å². The molecule has 0 amide bonds. The van der Waals surface area contributed by atoms with Gasteiger partial charge in [-0.3, -0.25) is 4.98 Å². The van der Waals surface area contributed by atoms with Crippen molar-refractivity contribution in [1.82, 2.24) is 4.98 Å². The highest BCUT2D eigenvalue weighted by Gasteiger charge is 2.09. The molecule has 3 heteroatoms. The van der Waals surface area contributed by atoms with Gasteiger partial charge < -0.3 is 9.84 Å². The Morgan fingerprint density at radius 3 is 2.84 bits per heavy atom. The molecule has 1 N–H and O–H groups in total. The van der Waals surface area contributed by atoms with E-state index in [1.165, 1.54) is 0 Å². The van der Waals surface area contributed by atoms with Gasteiger partial charge in [-0.2, -0.15) is 0 Å². The Morgan fingerprint density at radius 1 is 1.32 bits per heavy atom. The average Bonchev–Trinajstić information content (AvgIpc) is 2.39. The van der Waals surface area contributed by atoms with Crippen molar-refractivity contribution in [2.75, 3.05) is 6.61 Å². The van der Waals surface area contributed by atoms with E-state index in [-0.39, 0.29) is 0 Å². The van der Waals surface area contributed by atoms with Crippen molar-refractivity contribution in [3.05, 3.63) is 59.4 Å². The molecule has 2 rings (SSSR count). The zero-order valence-electron chi connectivity index (χ0n) is 11.3. The summed E-state index contributed by atoms with van der Waals surface area (Å²) in [6.07, 6.45) is 3.89. The third kappa shape index (κ3) is 3.80. The summed E-state index contributed by atoms with van der Waals surface area (Å²) in [7, 11) is 0. The van der Waals surface area contributed by atoms with Crippen LogP contribution in [0.2, 0.25) is 0 Å². The predicted octanol–water partition coefficient (Wildman–Crippen LogP) is 3.06. The van der Waals surface area contributed by atoms with E-state index in [0.29, 0.717) is 6.61 Å². The molecule has 0 saturated heterocycles. The Morgan fingerprint density at radius 2 is 2.16 bits per heavy atom. The topological polar surface area (TPSA) is 42.4 Å². The Balaban J connectivity index is 2.01. The average molecular weight is 257 g/mol. The van der Waals surface area contributed by atoms with Crippen molar-refractivity contribution in [2.24, 2.45) is 0 Å². The number of aliphatic hydroxyl groups is 1. The van der Waals surface area contributed by atoms with Crippen LogP contribution in [0.4, 0.5) is 0 Å². The van der Waals surface area contributed by atoms with Crippen molar-refractivity contribution in [3.63, 3.8) is 0 Å². The third-order valence-corrected chi connectivity index (χ3v) is 2.99. The maximum absolute atomic E-state index is 9.72. The minimum Gasteiger partial charge on any atom is -0.493 e. The number of aliphatic hydroxyl groups excluding tert-OH is 1. The largest absolute Gasteiger partial charge is 0.493 e. The number of rotatable bonds is 5. The van der Waals surface area contributed by atoms with E-state index in [2.05, 4.69) is 4.98 Å². The zero-order chi connectivity index (χ0) is 13.7. The SMILES string of the molecule is Cc1ccc([C@@H](C)O)c(OCCc2cccnc2)c1. The highest BCUT2D eigenvalue weighted by molar-refractivity contribution is 5.38. The van der Waals surface area contributed by atoms with Gasteiger partial charge in [0.15, 0.2) is 0 Å². The van der Waals surface area contributed by atoms with Gasteiger partial charge in [0, 0.05) is 24.4 Å². The molecule has 19 heavy (non-hydrogen) atoms. The maximum atomic E-state index is 9.72. The van der Waals surface area contributed by atoms with Gasteiger partial charge in [-0.25, -0.2) is 0 Å². The molecule has 0 aliphatic carbocycles. The van der Waals surface area contributed by atoms with Crippen LogP contribution in [0.15, 0.2) is 42.7 Å². The lowest BCUT2D eigenvalue weighted by Gasteiger charge is -2.14. The van der Waals surface area contributed by atoms with Gasteiger partial charge in [0.1, 0.15) is 5.75 Å². The number of hydrogen-bond acceptors (Lipinski definition) is 3. The van der Waals surface area contributed by atoms with Crippen LogP contribution in [-0.2, 0) is 6.42 Å². The smallest absolute Gasteiger partial charge is 0.125 e. The summed E-state index contributed by atoms with van der Waals surface area (Å²) in [6, 6.07) is 9.81. The first-order valence-electron chi connectivity index (χ1n) is 6.47. The summed E-state index contributed by atoms with van der Waals surface area (Å²) in [5.74, 6) is 0.763. The number of pyridine rings is 1. The summed E-state index contributed by atoms with van der Waals surface area (Å²) < 4.78 is 5.80. The minimum absolute atomic E-state index is 0.519. The molecular weight excluding hydrogens is 238 g/mol. The van der Waals surface area contributed by atoms with Crippen LogP contribution in [0.25, 0.3) is 0 Å². The van der Waals surface area contributed by atoms with Gasteiger partial charge in [-0.15, -0.1) is 0 Å². The predicted molar refractivity (Wildman–Crippen MR) is 75.2 cm³/mol. The first-order valence-corrected chi connectivity index (χ1v) is 6.47. The lowest BCUT2D eigenvalue weighted by atomic mass is 10.1. The molecule has 3 nitrogen and oxygen atoms in total. The standard InChI is InChI=1S/C16H19NO2/c1-12-5-6-15(13(2)18)16(10-12)19-9-7-14-4-3-8-17-11-14/h3-6,8,10-11,13,18H,7,9H2,1-2H3/t13-/m1/s1. The fourth-order valence-corrected chi connectivity index (χ4v) is 1.94. The van der Waals surface area contributed by atoms with Crippen LogP contribution in [0.1, 0.15) is 29.7 Å². The molecule has 0 unspecified atom stereocenters. The van der Waals surface area contributed by atoms with Crippen LogP contribution in [0.3, 0.4) is 0 Å². The highest BCUT2D eigenvalue weighted by Crippen LogP contribution is 2.26. The van der Waals surface area contributed by atoms with Crippen LogP contribution >= 0.6 is 0 Å². The molecule has 0 bridgehead atoms. The van der Waals surface area contributed by atoms with Crippen molar-refractivity contribution >= 4 is 0 Å². The molecule has 0 radical (unpaired) electrons. The summed E-state index contributed by atoms with van der Waals surface area (Å²) >= 11 is 0. The summed E-state index contributed by atoms with van der Waals surface area (Å²) in [5, 5.41) is 9.72. The maximum Gasteiger partial charge on any atom is 0.125 e. The van der Waals surface area contributed by atoms with Gasteiger partial charge in [0.2, 0.25) is 0 Å². The molecule has 0 saturated carbocycles. The molecule has 0 aliphatic rings. The molecule has 1 atom stereocenters. The first-order chi connectivity index (χ1) is 9.16. The molecule has 0 aliphatic heterocycles. The highest BCUT2D eigenvalue weighted by atomic mass is 16.5. The Labute approximate surface area is 113 Å². The Kier molecular flexibility index (Phi) is 4.53. The zero-order valence-corrected chi connectivity index (χ0v) is 11.3. The quantitative estimate of drug-likeness (QED) is 0.895. The molecule has 1 heterocycles. The second-order valence-corrected chi connectivity index (χ2v) is 4.68. The number of aryl methyl sites for hydroxylation is 1. The summed E-state index contributed by atoms with van der Waals surface area (Å²) in [4.78, 5) is 4.07. The Bertz CT molecular complexity index is 524. The number of nitrogens with zero attached hydrogens (tertiary/aromatic N) is 1. The van der Waals surface area contributed by atoms with Gasteiger partial charge >= 0.3 is 0 Å². The number of hydrogen-bond donors (Lipinski definition) is 1. The van der Waals surface area contributed by atoms with Crippen LogP contribution in [-0.4, -0.2) is 16.7 Å². The van der Waals surface area contributed by atoms with E-state index in [4.69, 9.17) is 4.74 Å². The van der Waals surface area contributed by atoms with Crippen LogP contribution in [0, 0.1) is 6.92 Å². The van der Waals surface area contributed by atoms with Gasteiger partial charge in [-0.1, -0.05) is 18.2 Å². The molecule has 1 aromatic heterocycles. The molecule has 2 aromatic rings. The van der Waals surface area contributed by atoms with Gasteiger partial charge in [-0.05, 0) is 37.1 Å². The number of benzene rings is 1.